The summed E-state index contributed by atoms with van der Waals surface area (Å²) in [7, 11) is 1.51. The first-order chi connectivity index (χ1) is 16.2. The van der Waals surface area contributed by atoms with Crippen molar-refractivity contribution in [2.24, 2.45) is 0 Å². The lowest BCUT2D eigenvalue weighted by molar-refractivity contribution is -0.123. The Hall–Kier alpha value is -3.14. The number of carbonyl (C=O) groups excluding carboxylic acids is 2. The molecule has 2 amide bonds. The number of benzene rings is 2. The van der Waals surface area contributed by atoms with E-state index in [9.17, 15) is 9.59 Å². The molecule has 3 aromatic rings. The van der Waals surface area contributed by atoms with Crippen molar-refractivity contribution in [3.63, 3.8) is 0 Å². The summed E-state index contributed by atoms with van der Waals surface area (Å²) in [4.78, 5) is 26.1. The summed E-state index contributed by atoms with van der Waals surface area (Å²) in [6, 6.07) is 12.7. The number of halogens is 1. The molecule has 0 atom stereocenters. The highest BCUT2D eigenvalue weighted by Crippen LogP contribution is 2.35. The first kappa shape index (κ1) is 24.0. The molecule has 0 aliphatic carbocycles. The van der Waals surface area contributed by atoms with Gasteiger partial charge in [-0.05, 0) is 74.5 Å². The maximum absolute atomic E-state index is 13.0. The molecular weight excluding hydrogens is 492 g/mol. The van der Waals surface area contributed by atoms with E-state index >= 15 is 0 Å². The van der Waals surface area contributed by atoms with Gasteiger partial charge in [-0.15, -0.1) is 0 Å². The van der Waals surface area contributed by atoms with Crippen LogP contribution in [0.5, 0.6) is 5.75 Å². The zero-order chi connectivity index (χ0) is 24.6. The van der Waals surface area contributed by atoms with E-state index in [-0.39, 0.29) is 4.32 Å². The molecule has 1 saturated heterocycles. The van der Waals surface area contributed by atoms with Crippen molar-refractivity contribution >= 4 is 57.8 Å². The van der Waals surface area contributed by atoms with Crippen LogP contribution in [0.3, 0.4) is 0 Å². The summed E-state index contributed by atoms with van der Waals surface area (Å²) in [5.41, 5.74) is 7.15. The molecule has 0 bridgehead atoms. The van der Waals surface area contributed by atoms with Gasteiger partial charge < -0.3 is 4.74 Å². The number of hydrazine groups is 1. The molecule has 174 valence electrons. The van der Waals surface area contributed by atoms with Crippen LogP contribution in [-0.4, -0.2) is 38.0 Å². The number of nitrogens with one attached hydrogen (secondary N) is 1. The molecule has 10 heteroatoms. The molecule has 2 aromatic carbocycles. The summed E-state index contributed by atoms with van der Waals surface area (Å²) in [6.45, 7) is 5.81. The lowest BCUT2D eigenvalue weighted by Gasteiger charge is -2.15. The van der Waals surface area contributed by atoms with Gasteiger partial charge in [0, 0.05) is 11.1 Å². The topological polar surface area (TPSA) is 76.5 Å². The Bertz CT molecular complexity index is 1370. The van der Waals surface area contributed by atoms with Crippen LogP contribution in [0.15, 0.2) is 47.4 Å². The highest BCUT2D eigenvalue weighted by molar-refractivity contribution is 8.26. The van der Waals surface area contributed by atoms with Crippen LogP contribution in [-0.2, 0) is 4.79 Å². The Morgan fingerprint density at radius 3 is 2.71 bits per heavy atom. The zero-order valence-electron chi connectivity index (χ0n) is 18.9. The third-order valence-corrected chi connectivity index (χ3v) is 6.92. The quantitative estimate of drug-likeness (QED) is 0.383. The molecule has 2 heterocycles. The van der Waals surface area contributed by atoms with Gasteiger partial charge in [0.05, 0.1) is 23.4 Å². The SMILES string of the molecule is COc1cccc(C(=O)NN2C(=O)/C(=C/c3c(C)nn(-c4cc(C)ccc4C)c3Cl)SC2=S)c1. The summed E-state index contributed by atoms with van der Waals surface area (Å²) in [5.74, 6) is -0.390. The Labute approximate surface area is 211 Å². The van der Waals surface area contributed by atoms with Crippen LogP contribution >= 0.6 is 35.6 Å². The second kappa shape index (κ2) is 9.61. The van der Waals surface area contributed by atoms with Gasteiger partial charge in [-0.2, -0.15) is 10.1 Å². The van der Waals surface area contributed by atoms with Crippen LogP contribution in [0.25, 0.3) is 11.8 Å². The van der Waals surface area contributed by atoms with Crippen molar-refractivity contribution in [3.05, 3.63) is 80.5 Å². The van der Waals surface area contributed by atoms with Crippen LogP contribution in [0.4, 0.5) is 0 Å². The standard InChI is InChI=1S/C24H21ClN4O3S2/c1-13-8-9-14(2)19(10-13)28-21(25)18(15(3)26-28)12-20-23(31)29(24(33)34-20)27-22(30)16-6-5-7-17(11-16)32-4/h5-12H,1-4H3,(H,27,30)/b20-12-. The maximum atomic E-state index is 13.0. The number of aromatic nitrogens is 2. The summed E-state index contributed by atoms with van der Waals surface area (Å²) < 4.78 is 7.03. The Morgan fingerprint density at radius 2 is 1.97 bits per heavy atom. The van der Waals surface area contributed by atoms with Gasteiger partial charge in [0.1, 0.15) is 10.9 Å². The van der Waals surface area contributed by atoms with E-state index in [1.54, 1.807) is 35.0 Å². The average molecular weight is 513 g/mol. The van der Waals surface area contributed by atoms with E-state index in [1.165, 1.54) is 7.11 Å². The molecule has 7 nitrogen and oxygen atoms in total. The molecule has 1 fully saturated rings. The maximum Gasteiger partial charge on any atom is 0.285 e. The third-order valence-electron chi connectivity index (χ3n) is 5.26. The molecule has 1 N–H and O–H groups in total. The van der Waals surface area contributed by atoms with Crippen molar-refractivity contribution in [1.29, 1.82) is 0 Å². The molecule has 1 aliphatic rings. The molecule has 1 aromatic heterocycles. The molecule has 0 spiro atoms. The smallest absolute Gasteiger partial charge is 0.285 e. The van der Waals surface area contributed by atoms with Crippen LogP contribution < -0.4 is 10.2 Å². The van der Waals surface area contributed by atoms with Crippen LogP contribution in [0.2, 0.25) is 5.15 Å². The second-order valence-corrected chi connectivity index (χ2v) is 9.72. The highest BCUT2D eigenvalue weighted by atomic mass is 35.5. The number of ether oxygens (including phenoxy) is 1. The van der Waals surface area contributed by atoms with Gasteiger partial charge in [0.25, 0.3) is 11.8 Å². The first-order valence-electron chi connectivity index (χ1n) is 10.3. The van der Waals surface area contributed by atoms with Gasteiger partial charge in [-0.3, -0.25) is 15.0 Å². The summed E-state index contributed by atoms with van der Waals surface area (Å²) in [5, 5.41) is 6.03. The zero-order valence-corrected chi connectivity index (χ0v) is 21.3. The number of methoxy groups -OCH3 is 1. The van der Waals surface area contributed by atoms with E-state index in [2.05, 4.69) is 10.5 Å². The molecule has 4 rings (SSSR count). The molecule has 34 heavy (non-hydrogen) atoms. The normalized spacial score (nSPS) is 14.7. The number of rotatable bonds is 5. The van der Waals surface area contributed by atoms with Crippen molar-refractivity contribution in [2.45, 2.75) is 20.8 Å². The fourth-order valence-electron chi connectivity index (χ4n) is 3.41. The molecule has 1 aliphatic heterocycles. The minimum absolute atomic E-state index is 0.211. The van der Waals surface area contributed by atoms with Crippen molar-refractivity contribution in [1.82, 2.24) is 20.2 Å². The van der Waals surface area contributed by atoms with E-state index in [4.69, 9.17) is 28.6 Å². The number of nitrogens with zero attached hydrogens (tertiary/aromatic N) is 3. The molecular formula is C24H21ClN4O3S2. The molecule has 0 unspecified atom stereocenters. The van der Waals surface area contributed by atoms with E-state index in [0.29, 0.717) is 32.6 Å². The largest absolute Gasteiger partial charge is 0.497 e. The van der Waals surface area contributed by atoms with E-state index in [1.807, 2.05) is 39.0 Å². The minimum Gasteiger partial charge on any atom is -0.497 e. The van der Waals surface area contributed by atoms with Gasteiger partial charge in [-0.1, -0.05) is 41.6 Å². The van der Waals surface area contributed by atoms with Gasteiger partial charge >= 0.3 is 0 Å². The summed E-state index contributed by atoms with van der Waals surface area (Å²) >= 11 is 13.1. The Balaban J connectivity index is 1.61. The molecule has 0 radical (unpaired) electrons. The lowest BCUT2D eigenvalue weighted by Crippen LogP contribution is -2.44. The highest BCUT2D eigenvalue weighted by Gasteiger charge is 2.34. The molecule has 0 saturated carbocycles. The Kier molecular flexibility index (Phi) is 6.79. The monoisotopic (exact) mass is 512 g/mol. The third kappa shape index (κ3) is 4.59. The van der Waals surface area contributed by atoms with E-state index < -0.39 is 11.8 Å². The number of hydrogen-bond acceptors (Lipinski definition) is 6. The van der Waals surface area contributed by atoms with Crippen molar-refractivity contribution in [2.75, 3.05) is 7.11 Å². The van der Waals surface area contributed by atoms with Crippen LogP contribution in [0, 0.1) is 20.8 Å². The number of amides is 2. The van der Waals surface area contributed by atoms with Crippen LogP contribution in [0.1, 0.15) is 32.7 Å². The number of aryl methyl sites for hydroxylation is 3. The van der Waals surface area contributed by atoms with Crippen molar-refractivity contribution in [3.8, 4) is 11.4 Å². The minimum atomic E-state index is -0.478. The predicted octanol–water partition coefficient (Wildman–Crippen LogP) is 5.01. The van der Waals surface area contributed by atoms with Gasteiger partial charge in [0.2, 0.25) is 0 Å². The Morgan fingerprint density at radius 1 is 1.21 bits per heavy atom. The van der Waals surface area contributed by atoms with Crippen molar-refractivity contribution < 1.29 is 14.3 Å². The number of carbonyl (C=O) groups is 2. The number of thiocarbonyl (C=S) groups is 1. The second-order valence-electron chi connectivity index (χ2n) is 7.68. The lowest BCUT2D eigenvalue weighted by atomic mass is 10.1. The summed E-state index contributed by atoms with van der Waals surface area (Å²) in [6.07, 6.45) is 1.66. The fraction of sp³-hybridized carbons (Fsp3) is 0.167. The van der Waals surface area contributed by atoms with Gasteiger partial charge in [-0.25, -0.2) is 4.68 Å². The fourth-order valence-corrected chi connectivity index (χ4v) is 4.89. The predicted molar refractivity (Wildman–Crippen MR) is 138 cm³/mol. The van der Waals surface area contributed by atoms with E-state index in [0.717, 1.165) is 33.6 Å². The number of thioether (sulfide) groups is 1. The number of hydrogen-bond donors (Lipinski definition) is 1. The van der Waals surface area contributed by atoms with Gasteiger partial charge in [0.15, 0.2) is 4.32 Å². The first-order valence-corrected chi connectivity index (χ1v) is 11.9. The average Bonchev–Trinajstić information content (AvgIpc) is 3.25.